The van der Waals surface area contributed by atoms with Gasteiger partial charge in [0.05, 0.1) is 0 Å². The van der Waals surface area contributed by atoms with Gasteiger partial charge in [0, 0.05) is 23.0 Å². The summed E-state index contributed by atoms with van der Waals surface area (Å²) in [6.45, 7) is 2.70. The molecule has 1 spiro atoms. The van der Waals surface area contributed by atoms with Crippen molar-refractivity contribution in [2.24, 2.45) is 5.92 Å². The molecule has 1 saturated carbocycles. The van der Waals surface area contributed by atoms with Gasteiger partial charge in [0.25, 0.3) is 0 Å². The Bertz CT molecular complexity index is 838. The number of aromatic nitrogens is 1. The number of nitrogens with zero attached hydrogens (tertiary/aromatic N) is 1. The van der Waals surface area contributed by atoms with Gasteiger partial charge in [-0.25, -0.2) is 0 Å². The van der Waals surface area contributed by atoms with Crippen LogP contribution in [0.3, 0.4) is 0 Å². The molecule has 2 aromatic rings. The molecule has 0 aliphatic heterocycles. The molecule has 5 heteroatoms. The Morgan fingerprint density at radius 1 is 1.42 bits per heavy atom. The number of hydrogen-bond acceptors (Lipinski definition) is 3. The molecular weight excluding hydrogens is 320 g/mol. The van der Waals surface area contributed by atoms with E-state index in [-0.39, 0.29) is 22.7 Å². The molecule has 0 bridgehead atoms. The monoisotopic (exact) mass is 342 g/mol. The molecule has 24 heavy (non-hydrogen) atoms. The quantitative estimate of drug-likeness (QED) is 0.929. The van der Waals surface area contributed by atoms with Crippen molar-refractivity contribution < 1.29 is 4.79 Å². The molecule has 0 unspecified atom stereocenters. The van der Waals surface area contributed by atoms with Crippen molar-refractivity contribution in [3.8, 4) is 0 Å². The zero-order valence-electron chi connectivity index (χ0n) is 13.9. The number of aryl methyl sites for hydroxylation is 2. The lowest BCUT2D eigenvalue weighted by Crippen LogP contribution is -2.33. The van der Waals surface area contributed by atoms with E-state index >= 15 is 0 Å². The van der Waals surface area contributed by atoms with Crippen LogP contribution in [0.1, 0.15) is 36.1 Å². The summed E-state index contributed by atoms with van der Waals surface area (Å²) in [5, 5.41) is 4.84. The van der Waals surface area contributed by atoms with Gasteiger partial charge in [-0.15, -0.1) is 0 Å². The standard InChI is InChI=1S/C19H22N2O2S/c1-13-12-24-18(23)21(13)11-17(22)20-10-15-9-19(15)8-4-6-14-5-2-3-7-16(14)19/h2-3,5,7,12,15H,4,6,8-11H2,1H3,(H,20,22)/t15-,19+/m1/s1. The Kier molecular flexibility index (Phi) is 3.83. The summed E-state index contributed by atoms with van der Waals surface area (Å²) in [4.78, 5) is 23.8. The summed E-state index contributed by atoms with van der Waals surface area (Å²) in [5.41, 5.74) is 4.12. The van der Waals surface area contributed by atoms with Gasteiger partial charge >= 0.3 is 4.87 Å². The molecule has 1 aromatic carbocycles. The van der Waals surface area contributed by atoms with Gasteiger partial charge < -0.3 is 5.32 Å². The van der Waals surface area contributed by atoms with Crippen molar-refractivity contribution in [3.63, 3.8) is 0 Å². The van der Waals surface area contributed by atoms with E-state index in [0.29, 0.717) is 12.5 Å². The first-order valence-electron chi connectivity index (χ1n) is 8.60. The summed E-state index contributed by atoms with van der Waals surface area (Å²) < 4.78 is 1.54. The Morgan fingerprint density at radius 3 is 3.04 bits per heavy atom. The number of hydrogen-bond donors (Lipinski definition) is 1. The Labute approximate surface area is 145 Å². The van der Waals surface area contributed by atoms with Crippen LogP contribution in [0.4, 0.5) is 0 Å². The Hall–Kier alpha value is -1.88. The molecule has 1 aromatic heterocycles. The average molecular weight is 342 g/mol. The van der Waals surface area contributed by atoms with Crippen LogP contribution in [0.5, 0.6) is 0 Å². The SMILES string of the molecule is Cc1csc(=O)n1CC(=O)NC[C@H]1C[C@@]12CCCc1ccccc12. The number of nitrogens with one attached hydrogen (secondary N) is 1. The molecule has 1 amide bonds. The van der Waals surface area contributed by atoms with E-state index < -0.39 is 0 Å². The molecule has 1 fully saturated rings. The normalized spacial score (nSPS) is 24.6. The fourth-order valence-electron chi connectivity index (χ4n) is 4.27. The van der Waals surface area contributed by atoms with Crippen LogP contribution in [-0.2, 0) is 23.2 Å². The zero-order valence-corrected chi connectivity index (χ0v) is 14.7. The van der Waals surface area contributed by atoms with E-state index in [0.717, 1.165) is 17.0 Å². The maximum absolute atomic E-state index is 12.2. The average Bonchev–Trinajstić information content (AvgIpc) is 3.19. The summed E-state index contributed by atoms with van der Waals surface area (Å²) in [6.07, 6.45) is 4.82. The van der Waals surface area contributed by atoms with Crippen molar-refractivity contribution in [1.82, 2.24) is 9.88 Å². The van der Waals surface area contributed by atoms with Crippen LogP contribution < -0.4 is 10.2 Å². The van der Waals surface area contributed by atoms with E-state index in [1.807, 2.05) is 6.92 Å². The van der Waals surface area contributed by atoms with Gasteiger partial charge in [-0.1, -0.05) is 35.6 Å². The van der Waals surface area contributed by atoms with Gasteiger partial charge in [0.2, 0.25) is 5.91 Å². The van der Waals surface area contributed by atoms with E-state index in [4.69, 9.17) is 0 Å². The first-order chi connectivity index (χ1) is 11.6. The van der Waals surface area contributed by atoms with Crippen LogP contribution >= 0.6 is 11.3 Å². The largest absolute Gasteiger partial charge is 0.354 e. The van der Waals surface area contributed by atoms with Crippen LogP contribution in [0.15, 0.2) is 34.4 Å². The zero-order chi connectivity index (χ0) is 16.7. The highest BCUT2D eigenvalue weighted by Crippen LogP contribution is 2.59. The van der Waals surface area contributed by atoms with Gasteiger partial charge in [-0.3, -0.25) is 14.2 Å². The molecule has 126 valence electrons. The smallest absolute Gasteiger partial charge is 0.307 e. The molecule has 1 N–H and O–H groups in total. The fraction of sp³-hybridized carbons (Fsp3) is 0.474. The predicted octanol–water partition coefficient (Wildman–Crippen LogP) is 2.63. The summed E-state index contributed by atoms with van der Waals surface area (Å²) in [7, 11) is 0. The Morgan fingerprint density at radius 2 is 2.25 bits per heavy atom. The van der Waals surface area contributed by atoms with Crippen molar-refractivity contribution in [2.45, 2.75) is 44.6 Å². The second-order valence-corrected chi connectivity index (χ2v) is 7.92. The molecule has 1 heterocycles. The van der Waals surface area contributed by atoms with Gasteiger partial charge in [-0.05, 0) is 49.7 Å². The third kappa shape index (κ3) is 2.61. The summed E-state index contributed by atoms with van der Waals surface area (Å²) >= 11 is 1.15. The fourth-order valence-corrected chi connectivity index (χ4v) is 5.00. The van der Waals surface area contributed by atoms with Crippen LogP contribution in [0.25, 0.3) is 0 Å². The molecule has 2 aliphatic carbocycles. The second-order valence-electron chi connectivity index (χ2n) is 7.10. The summed E-state index contributed by atoms with van der Waals surface area (Å²) in [6, 6.07) is 8.77. The number of carbonyl (C=O) groups is 1. The number of fused-ring (bicyclic) bond motifs is 2. The maximum atomic E-state index is 12.2. The van der Waals surface area contributed by atoms with Crippen LogP contribution in [0, 0.1) is 12.8 Å². The lowest BCUT2D eigenvalue weighted by molar-refractivity contribution is -0.121. The topological polar surface area (TPSA) is 51.1 Å². The van der Waals surface area contributed by atoms with Gasteiger partial charge in [0.15, 0.2) is 0 Å². The Balaban J connectivity index is 1.39. The molecular formula is C19H22N2O2S. The lowest BCUT2D eigenvalue weighted by Gasteiger charge is -2.26. The van der Waals surface area contributed by atoms with Crippen molar-refractivity contribution >= 4 is 17.2 Å². The van der Waals surface area contributed by atoms with E-state index in [9.17, 15) is 9.59 Å². The molecule has 4 nitrogen and oxygen atoms in total. The van der Waals surface area contributed by atoms with Crippen LogP contribution in [0.2, 0.25) is 0 Å². The van der Waals surface area contributed by atoms with E-state index in [1.54, 1.807) is 9.95 Å². The van der Waals surface area contributed by atoms with E-state index in [1.165, 1.54) is 36.8 Å². The molecule has 2 atom stereocenters. The highest BCUT2D eigenvalue weighted by atomic mass is 32.1. The van der Waals surface area contributed by atoms with Crippen LogP contribution in [-0.4, -0.2) is 17.0 Å². The second kappa shape index (κ2) is 5.88. The minimum atomic E-state index is -0.0651. The molecule has 0 saturated heterocycles. The van der Waals surface area contributed by atoms with Gasteiger partial charge in [0.1, 0.15) is 6.54 Å². The minimum absolute atomic E-state index is 0.0632. The highest BCUT2D eigenvalue weighted by Gasteiger charge is 2.56. The lowest BCUT2D eigenvalue weighted by atomic mass is 9.78. The van der Waals surface area contributed by atoms with E-state index in [2.05, 4.69) is 29.6 Å². The number of rotatable bonds is 4. The first kappa shape index (κ1) is 15.6. The molecule has 4 rings (SSSR count). The number of benzene rings is 1. The summed E-state index contributed by atoms with van der Waals surface area (Å²) in [5.74, 6) is 0.466. The van der Waals surface area contributed by atoms with Crippen molar-refractivity contribution in [3.05, 3.63) is 56.1 Å². The third-order valence-corrected chi connectivity index (χ3v) is 6.56. The number of carbonyl (C=O) groups excluding carboxylic acids is 1. The minimum Gasteiger partial charge on any atom is -0.354 e. The highest BCUT2D eigenvalue weighted by molar-refractivity contribution is 7.07. The predicted molar refractivity (Wildman–Crippen MR) is 95.5 cm³/mol. The third-order valence-electron chi connectivity index (χ3n) is 5.68. The maximum Gasteiger partial charge on any atom is 0.307 e. The van der Waals surface area contributed by atoms with Crippen molar-refractivity contribution in [2.75, 3.05) is 6.54 Å². The molecule has 0 radical (unpaired) electrons. The number of amides is 1. The number of thiazole rings is 1. The first-order valence-corrected chi connectivity index (χ1v) is 9.48. The van der Waals surface area contributed by atoms with Gasteiger partial charge in [-0.2, -0.15) is 0 Å². The van der Waals surface area contributed by atoms with Crippen molar-refractivity contribution in [1.29, 1.82) is 0 Å². The molecule has 2 aliphatic rings.